The van der Waals surface area contributed by atoms with Crippen molar-refractivity contribution in [2.24, 2.45) is 11.7 Å². The van der Waals surface area contributed by atoms with Gasteiger partial charge in [-0.1, -0.05) is 12.1 Å². The number of carbonyl (C=O) groups excluding carboxylic acids is 1. The summed E-state index contributed by atoms with van der Waals surface area (Å²) in [6, 6.07) is 7.13. The molecule has 0 bridgehead atoms. The lowest BCUT2D eigenvalue weighted by atomic mass is 9.85. The zero-order chi connectivity index (χ0) is 24.0. The van der Waals surface area contributed by atoms with Crippen LogP contribution in [-0.2, 0) is 14.8 Å². The third kappa shape index (κ3) is 7.22. The van der Waals surface area contributed by atoms with Crippen LogP contribution in [0, 0.1) is 11.7 Å². The number of amides is 1. The zero-order valence-corrected chi connectivity index (χ0v) is 21.5. The molecule has 2 aromatic rings. The Morgan fingerprint density at radius 3 is 2.55 bits per heavy atom. The van der Waals surface area contributed by atoms with Gasteiger partial charge in [0.1, 0.15) is 15.7 Å². The van der Waals surface area contributed by atoms with Crippen LogP contribution in [0.4, 0.5) is 4.39 Å². The highest BCUT2D eigenvalue weighted by molar-refractivity contribution is 9.10. The molecule has 1 heterocycles. The minimum Gasteiger partial charge on any atom is -0.349 e. The van der Waals surface area contributed by atoms with Crippen molar-refractivity contribution in [2.45, 2.75) is 54.6 Å². The third-order valence-corrected chi connectivity index (χ3v) is 8.99. The molecule has 1 aromatic carbocycles. The van der Waals surface area contributed by atoms with E-state index in [1.807, 2.05) is 6.92 Å². The van der Waals surface area contributed by atoms with Gasteiger partial charge in [-0.05, 0) is 72.3 Å². The summed E-state index contributed by atoms with van der Waals surface area (Å²) in [4.78, 5) is 17.0. The molecule has 1 aliphatic rings. The summed E-state index contributed by atoms with van der Waals surface area (Å²) < 4.78 is 42.1. The van der Waals surface area contributed by atoms with E-state index in [2.05, 4.69) is 31.0 Å². The number of thioether (sulfide) groups is 1. The summed E-state index contributed by atoms with van der Waals surface area (Å²) in [5, 5.41) is 3.67. The molecule has 11 heteroatoms. The maximum absolute atomic E-state index is 13.1. The second kappa shape index (κ2) is 11.7. The van der Waals surface area contributed by atoms with E-state index in [1.165, 1.54) is 30.1 Å². The van der Waals surface area contributed by atoms with E-state index < -0.39 is 10.0 Å². The summed E-state index contributed by atoms with van der Waals surface area (Å²) in [7, 11) is -3.72. The van der Waals surface area contributed by atoms with Crippen molar-refractivity contribution < 1.29 is 17.6 Å². The van der Waals surface area contributed by atoms with Crippen molar-refractivity contribution in [1.82, 2.24) is 15.0 Å². The van der Waals surface area contributed by atoms with Gasteiger partial charge in [-0.3, -0.25) is 4.79 Å². The minimum absolute atomic E-state index is 0.0631. The fourth-order valence-electron chi connectivity index (χ4n) is 3.74. The Bertz CT molecular complexity index is 1060. The number of hydrogen-bond donors (Lipinski definition) is 3. The van der Waals surface area contributed by atoms with Gasteiger partial charge in [0.05, 0.1) is 10.5 Å². The van der Waals surface area contributed by atoms with Crippen molar-refractivity contribution in [1.29, 1.82) is 0 Å². The van der Waals surface area contributed by atoms with Gasteiger partial charge in [0.25, 0.3) is 0 Å². The van der Waals surface area contributed by atoms with Crippen molar-refractivity contribution >= 4 is 43.6 Å². The minimum atomic E-state index is -3.72. The number of nitrogens with zero attached hydrogens (tertiary/aromatic N) is 1. The normalized spacial score (nSPS) is 19.8. The number of pyridine rings is 1. The number of hydrogen-bond acceptors (Lipinski definition) is 6. The Balaban J connectivity index is 1.52. The molecule has 4 N–H and O–H groups in total. The molecule has 0 radical (unpaired) electrons. The molecule has 0 saturated heterocycles. The molecule has 1 aromatic heterocycles. The van der Waals surface area contributed by atoms with Gasteiger partial charge in [-0.25, -0.2) is 22.5 Å². The van der Waals surface area contributed by atoms with E-state index in [0.29, 0.717) is 47.5 Å². The van der Waals surface area contributed by atoms with E-state index in [-0.39, 0.29) is 34.6 Å². The van der Waals surface area contributed by atoms with Gasteiger partial charge >= 0.3 is 0 Å². The Labute approximate surface area is 206 Å². The number of nitrogens with one attached hydrogen (secondary N) is 2. The highest BCUT2D eigenvalue weighted by atomic mass is 79.9. The molecule has 1 atom stereocenters. The summed E-state index contributed by atoms with van der Waals surface area (Å²) in [6.07, 6.45) is 3.67. The fraction of sp³-hybridized carbons (Fsp3) is 0.455. The first kappa shape index (κ1) is 26.1. The Kier molecular flexibility index (Phi) is 9.28. The maximum atomic E-state index is 13.1. The predicted octanol–water partition coefficient (Wildman–Crippen LogP) is 3.75. The van der Waals surface area contributed by atoms with Crippen LogP contribution in [0.2, 0.25) is 0 Å². The predicted molar refractivity (Wildman–Crippen MR) is 131 cm³/mol. The van der Waals surface area contributed by atoms with Crippen molar-refractivity contribution in [2.75, 3.05) is 12.3 Å². The van der Waals surface area contributed by atoms with E-state index in [9.17, 15) is 17.6 Å². The topological polar surface area (TPSA) is 114 Å². The van der Waals surface area contributed by atoms with Crippen LogP contribution in [0.15, 0.2) is 50.9 Å². The summed E-state index contributed by atoms with van der Waals surface area (Å²) in [5.74, 6) is 0.132. The Morgan fingerprint density at radius 1 is 1.27 bits per heavy atom. The number of carbonyl (C=O) groups is 1. The third-order valence-electron chi connectivity index (χ3n) is 5.60. The summed E-state index contributed by atoms with van der Waals surface area (Å²) >= 11 is 4.83. The largest absolute Gasteiger partial charge is 0.349 e. The van der Waals surface area contributed by atoms with Crippen LogP contribution in [0.5, 0.6) is 0 Å². The molecule has 1 aliphatic carbocycles. The lowest BCUT2D eigenvalue weighted by Gasteiger charge is -2.29. The number of nitrogens with two attached hydrogens (primary N) is 1. The SMILES string of the molecule is C[C@@H](NC(=O)C1CCC(NS(=O)(=O)c2cnc(SCCN)c(Br)c2)CC1)c1ccc(F)cc1. The van der Waals surface area contributed by atoms with Gasteiger partial charge in [-0.15, -0.1) is 11.8 Å². The number of aromatic nitrogens is 1. The van der Waals surface area contributed by atoms with Crippen molar-refractivity contribution in [3.05, 3.63) is 52.4 Å². The Morgan fingerprint density at radius 2 is 1.94 bits per heavy atom. The van der Waals surface area contributed by atoms with Gasteiger partial charge in [0.2, 0.25) is 15.9 Å². The molecule has 1 amide bonds. The van der Waals surface area contributed by atoms with Gasteiger partial charge in [0, 0.05) is 30.5 Å². The molecular weight excluding hydrogens is 531 g/mol. The molecule has 3 rings (SSSR count). The summed E-state index contributed by atoms with van der Waals surface area (Å²) in [6.45, 7) is 2.36. The van der Waals surface area contributed by atoms with Crippen LogP contribution in [0.25, 0.3) is 0 Å². The first-order chi connectivity index (χ1) is 15.7. The number of halogens is 2. The molecule has 1 saturated carbocycles. The molecule has 33 heavy (non-hydrogen) atoms. The average molecular weight is 560 g/mol. The maximum Gasteiger partial charge on any atom is 0.242 e. The second-order valence-corrected chi connectivity index (χ2v) is 11.7. The second-order valence-electron chi connectivity index (χ2n) is 8.05. The monoisotopic (exact) mass is 558 g/mol. The standard InChI is InChI=1S/C22H28BrFN4O3S2/c1-14(15-2-6-17(24)7-3-15)27-21(29)16-4-8-18(9-5-16)28-33(30,31)19-12-20(23)22(26-13-19)32-11-10-25/h2-3,6-7,12-14,16,18,28H,4-5,8-11,25H2,1H3,(H,27,29)/t14-,16?,18?/m1/s1. The van der Waals surface area contributed by atoms with E-state index in [0.717, 1.165) is 5.56 Å². The highest BCUT2D eigenvalue weighted by Crippen LogP contribution is 2.29. The Hall–Kier alpha value is -1.53. The fourth-order valence-corrected chi connectivity index (χ4v) is 6.50. The lowest BCUT2D eigenvalue weighted by Crippen LogP contribution is -2.41. The molecular formula is C22H28BrFN4O3S2. The van der Waals surface area contributed by atoms with E-state index >= 15 is 0 Å². The van der Waals surface area contributed by atoms with Crippen molar-refractivity contribution in [3.8, 4) is 0 Å². The average Bonchev–Trinajstić information content (AvgIpc) is 2.78. The lowest BCUT2D eigenvalue weighted by molar-refractivity contribution is -0.126. The molecule has 7 nitrogen and oxygen atoms in total. The molecule has 1 fully saturated rings. The van der Waals surface area contributed by atoms with E-state index in [4.69, 9.17) is 5.73 Å². The first-order valence-corrected chi connectivity index (χ1v) is 14.0. The quantitative estimate of drug-likeness (QED) is 0.404. The van der Waals surface area contributed by atoms with Crippen LogP contribution in [0.3, 0.4) is 0 Å². The number of sulfonamides is 1. The van der Waals surface area contributed by atoms with Crippen molar-refractivity contribution in [3.63, 3.8) is 0 Å². The van der Waals surface area contributed by atoms with E-state index in [1.54, 1.807) is 18.2 Å². The molecule has 0 unspecified atom stereocenters. The highest BCUT2D eigenvalue weighted by Gasteiger charge is 2.30. The first-order valence-electron chi connectivity index (χ1n) is 10.8. The summed E-state index contributed by atoms with van der Waals surface area (Å²) in [5.41, 5.74) is 6.34. The molecule has 0 spiro atoms. The van der Waals surface area contributed by atoms with Crippen LogP contribution >= 0.6 is 27.7 Å². The molecule has 0 aliphatic heterocycles. The number of rotatable bonds is 9. The van der Waals surface area contributed by atoms with Crippen LogP contribution in [0.1, 0.15) is 44.2 Å². The molecule has 180 valence electrons. The van der Waals surface area contributed by atoms with Crippen LogP contribution < -0.4 is 15.8 Å². The van der Waals surface area contributed by atoms with Gasteiger partial charge in [-0.2, -0.15) is 0 Å². The smallest absolute Gasteiger partial charge is 0.242 e. The van der Waals surface area contributed by atoms with Gasteiger partial charge < -0.3 is 11.1 Å². The zero-order valence-electron chi connectivity index (χ0n) is 18.3. The van der Waals surface area contributed by atoms with Gasteiger partial charge in [0.15, 0.2) is 0 Å². The number of benzene rings is 1. The van der Waals surface area contributed by atoms with Crippen LogP contribution in [-0.4, -0.2) is 37.6 Å².